The summed E-state index contributed by atoms with van der Waals surface area (Å²) >= 11 is 0. The molecule has 1 rings (SSSR count). The Labute approximate surface area is 113 Å². The van der Waals surface area contributed by atoms with Crippen molar-refractivity contribution < 1.29 is 13.2 Å². The molecule has 0 radical (unpaired) electrons. The molecule has 0 spiro atoms. The Hall–Kier alpha value is -1.87. The molecular weight excluding hydrogens is 264 g/mol. The maximum absolute atomic E-state index is 11.8. The van der Waals surface area contributed by atoms with Gasteiger partial charge in [-0.25, -0.2) is 8.42 Å². The van der Waals surface area contributed by atoms with E-state index in [1.165, 1.54) is 6.92 Å². The molecule has 0 heterocycles. The highest BCUT2D eigenvalue weighted by Gasteiger charge is 2.27. The predicted octanol–water partition coefficient (Wildman–Crippen LogP) is 1.51. The van der Waals surface area contributed by atoms with E-state index in [0.29, 0.717) is 5.69 Å². The molecule has 1 amide bonds. The summed E-state index contributed by atoms with van der Waals surface area (Å²) < 4.78 is 23.2. The zero-order valence-corrected chi connectivity index (χ0v) is 11.7. The number of nitrogens with zero attached hydrogens (tertiary/aromatic N) is 1. The molecule has 0 aromatic heterocycles. The van der Waals surface area contributed by atoms with Gasteiger partial charge in [0.1, 0.15) is 11.0 Å². The van der Waals surface area contributed by atoms with Crippen LogP contribution in [0.5, 0.6) is 0 Å². The highest BCUT2D eigenvalue weighted by molar-refractivity contribution is 7.92. The van der Waals surface area contributed by atoms with Crippen LogP contribution in [-0.2, 0) is 21.1 Å². The molecule has 1 aromatic carbocycles. The van der Waals surface area contributed by atoms with Crippen LogP contribution in [0.1, 0.15) is 19.4 Å². The van der Waals surface area contributed by atoms with E-state index >= 15 is 0 Å². The summed E-state index contributed by atoms with van der Waals surface area (Å²) in [5.74, 6) is -1.28. The van der Waals surface area contributed by atoms with Crippen molar-refractivity contribution in [2.24, 2.45) is 0 Å². The Balaban J connectivity index is 2.77. The first-order valence-electron chi connectivity index (χ1n) is 5.89. The first-order chi connectivity index (χ1) is 8.90. The Morgan fingerprint density at radius 2 is 1.95 bits per heavy atom. The quantitative estimate of drug-likeness (QED) is 0.885. The van der Waals surface area contributed by atoms with Gasteiger partial charge in [0.05, 0.1) is 6.07 Å². The second kappa shape index (κ2) is 6.34. The molecule has 102 valence electrons. The molecule has 1 aromatic rings. The third kappa shape index (κ3) is 4.07. The molecule has 1 unspecified atom stereocenters. The number of sulfone groups is 1. The van der Waals surface area contributed by atoms with Crippen LogP contribution in [0.2, 0.25) is 0 Å². The fourth-order valence-electron chi connectivity index (χ4n) is 1.45. The fraction of sp³-hybridized carbons (Fsp3) is 0.385. The number of carbonyl (C=O) groups is 1. The number of carbonyl (C=O) groups excluding carboxylic acids is 1. The monoisotopic (exact) mass is 280 g/mol. The summed E-state index contributed by atoms with van der Waals surface area (Å²) in [5.41, 5.74) is 1.67. The SMILES string of the molecule is CCc1ccc(NC(=O)C(C)S(=O)(=O)CC#N)cc1. The van der Waals surface area contributed by atoms with Gasteiger partial charge in [-0.2, -0.15) is 5.26 Å². The number of aryl methyl sites for hydroxylation is 1. The van der Waals surface area contributed by atoms with Crippen molar-refractivity contribution in [2.75, 3.05) is 11.1 Å². The van der Waals surface area contributed by atoms with Crippen LogP contribution in [-0.4, -0.2) is 25.3 Å². The zero-order valence-electron chi connectivity index (χ0n) is 10.9. The van der Waals surface area contributed by atoms with Crippen LogP contribution in [0.25, 0.3) is 0 Å². The van der Waals surface area contributed by atoms with E-state index in [1.807, 2.05) is 19.1 Å². The number of anilines is 1. The van der Waals surface area contributed by atoms with Crippen molar-refractivity contribution in [3.63, 3.8) is 0 Å². The van der Waals surface area contributed by atoms with Gasteiger partial charge in [0.15, 0.2) is 9.84 Å². The van der Waals surface area contributed by atoms with Gasteiger partial charge >= 0.3 is 0 Å². The van der Waals surface area contributed by atoms with Gasteiger partial charge in [0, 0.05) is 5.69 Å². The summed E-state index contributed by atoms with van der Waals surface area (Å²) in [7, 11) is -3.72. The van der Waals surface area contributed by atoms with E-state index in [-0.39, 0.29) is 0 Å². The van der Waals surface area contributed by atoms with Gasteiger partial charge in [0.2, 0.25) is 5.91 Å². The predicted molar refractivity (Wildman–Crippen MR) is 73.3 cm³/mol. The Morgan fingerprint density at radius 3 is 2.42 bits per heavy atom. The molecule has 0 saturated carbocycles. The normalized spacial score (nSPS) is 12.5. The number of amides is 1. The minimum atomic E-state index is -3.72. The van der Waals surface area contributed by atoms with Crippen LogP contribution in [0.15, 0.2) is 24.3 Å². The highest BCUT2D eigenvalue weighted by Crippen LogP contribution is 2.12. The molecule has 0 bridgehead atoms. The topological polar surface area (TPSA) is 87.0 Å². The number of nitrogens with one attached hydrogen (secondary N) is 1. The summed E-state index contributed by atoms with van der Waals surface area (Å²) in [4.78, 5) is 11.8. The third-order valence-electron chi connectivity index (χ3n) is 2.80. The van der Waals surface area contributed by atoms with E-state index in [1.54, 1.807) is 18.2 Å². The largest absolute Gasteiger partial charge is 0.325 e. The fourth-order valence-corrected chi connectivity index (χ4v) is 2.26. The summed E-state index contributed by atoms with van der Waals surface area (Å²) in [6.07, 6.45) is 0.890. The van der Waals surface area contributed by atoms with Gasteiger partial charge in [0.25, 0.3) is 0 Å². The number of nitriles is 1. The van der Waals surface area contributed by atoms with E-state index in [0.717, 1.165) is 12.0 Å². The average Bonchev–Trinajstić information content (AvgIpc) is 2.38. The van der Waals surface area contributed by atoms with Crippen LogP contribution in [0, 0.1) is 11.3 Å². The van der Waals surface area contributed by atoms with Crippen molar-refractivity contribution >= 4 is 21.4 Å². The molecule has 0 aliphatic rings. The molecule has 6 heteroatoms. The highest BCUT2D eigenvalue weighted by atomic mass is 32.2. The summed E-state index contributed by atoms with van der Waals surface area (Å²) in [5, 5.41) is 9.71. The molecule has 5 nitrogen and oxygen atoms in total. The van der Waals surface area contributed by atoms with Crippen LogP contribution in [0.4, 0.5) is 5.69 Å². The molecule has 0 saturated heterocycles. The zero-order chi connectivity index (χ0) is 14.5. The number of hydrogen-bond donors (Lipinski definition) is 1. The van der Waals surface area contributed by atoms with Crippen LogP contribution >= 0.6 is 0 Å². The number of benzene rings is 1. The van der Waals surface area contributed by atoms with Crippen molar-refractivity contribution in [3.8, 4) is 6.07 Å². The lowest BCUT2D eigenvalue weighted by Gasteiger charge is -2.11. The maximum atomic E-state index is 11.8. The van der Waals surface area contributed by atoms with Crippen molar-refractivity contribution in [3.05, 3.63) is 29.8 Å². The Bertz CT molecular complexity index is 585. The van der Waals surface area contributed by atoms with Gasteiger partial charge < -0.3 is 5.32 Å². The average molecular weight is 280 g/mol. The van der Waals surface area contributed by atoms with Gasteiger partial charge in [-0.3, -0.25) is 4.79 Å². The van der Waals surface area contributed by atoms with Gasteiger partial charge in [-0.1, -0.05) is 19.1 Å². The van der Waals surface area contributed by atoms with E-state index < -0.39 is 26.7 Å². The first-order valence-corrected chi connectivity index (χ1v) is 7.60. The maximum Gasteiger partial charge on any atom is 0.242 e. The Morgan fingerprint density at radius 1 is 1.37 bits per heavy atom. The smallest absolute Gasteiger partial charge is 0.242 e. The van der Waals surface area contributed by atoms with Crippen LogP contribution < -0.4 is 5.32 Å². The lowest BCUT2D eigenvalue weighted by Crippen LogP contribution is -2.33. The van der Waals surface area contributed by atoms with E-state index in [4.69, 9.17) is 5.26 Å². The van der Waals surface area contributed by atoms with Gasteiger partial charge in [-0.05, 0) is 31.0 Å². The van der Waals surface area contributed by atoms with Crippen LogP contribution in [0.3, 0.4) is 0 Å². The molecule has 1 atom stereocenters. The third-order valence-corrected chi connectivity index (χ3v) is 4.63. The Kier molecular flexibility index (Phi) is 5.07. The standard InChI is InChI=1S/C13H16N2O3S/c1-3-11-4-6-12(7-5-11)15-13(16)10(2)19(17,18)9-8-14/h4-7,10H,3,9H2,1-2H3,(H,15,16). The number of rotatable bonds is 5. The van der Waals surface area contributed by atoms with Crippen molar-refractivity contribution in [1.82, 2.24) is 0 Å². The summed E-state index contributed by atoms with van der Waals surface area (Å²) in [6, 6.07) is 8.73. The molecule has 0 aliphatic carbocycles. The molecule has 0 fully saturated rings. The minimum Gasteiger partial charge on any atom is -0.325 e. The lowest BCUT2D eigenvalue weighted by atomic mass is 10.1. The van der Waals surface area contributed by atoms with Crippen molar-refractivity contribution in [1.29, 1.82) is 5.26 Å². The minimum absolute atomic E-state index is 0.543. The molecule has 1 N–H and O–H groups in total. The van der Waals surface area contributed by atoms with Gasteiger partial charge in [-0.15, -0.1) is 0 Å². The van der Waals surface area contributed by atoms with E-state index in [9.17, 15) is 13.2 Å². The number of hydrogen-bond acceptors (Lipinski definition) is 4. The molecule has 0 aliphatic heterocycles. The molecular formula is C13H16N2O3S. The second-order valence-electron chi connectivity index (χ2n) is 4.15. The summed E-state index contributed by atoms with van der Waals surface area (Å²) in [6.45, 7) is 3.30. The van der Waals surface area contributed by atoms with E-state index in [2.05, 4.69) is 5.32 Å². The lowest BCUT2D eigenvalue weighted by molar-refractivity contribution is -0.115. The van der Waals surface area contributed by atoms with Crippen molar-refractivity contribution in [2.45, 2.75) is 25.5 Å². The first kappa shape index (κ1) is 15.2. The molecule has 19 heavy (non-hydrogen) atoms. The second-order valence-corrected chi connectivity index (χ2v) is 6.47.